The van der Waals surface area contributed by atoms with Crippen LogP contribution in [0.4, 0.5) is 0 Å². The molecule has 0 aliphatic carbocycles. The number of aliphatic carboxylic acids is 1. The van der Waals surface area contributed by atoms with E-state index in [4.69, 9.17) is 14.6 Å². The smallest absolute Gasteiger partial charge is 0.305 e. The Morgan fingerprint density at radius 1 is 1.22 bits per heavy atom. The van der Waals surface area contributed by atoms with E-state index in [1.54, 1.807) is 32.2 Å². The highest BCUT2D eigenvalue weighted by molar-refractivity contribution is 5.80. The van der Waals surface area contributed by atoms with Crippen molar-refractivity contribution in [1.82, 2.24) is 5.32 Å². The summed E-state index contributed by atoms with van der Waals surface area (Å²) in [4.78, 5) is 23.3. The SMILES string of the molecule is COc1ccc(CC(=O)NC(C)(CC(=O)O)C(C)C)cc1OC. The maximum Gasteiger partial charge on any atom is 0.305 e. The highest BCUT2D eigenvalue weighted by Gasteiger charge is 2.32. The Morgan fingerprint density at radius 2 is 1.83 bits per heavy atom. The van der Waals surface area contributed by atoms with Gasteiger partial charge in [-0.3, -0.25) is 9.59 Å². The Labute approximate surface area is 136 Å². The molecule has 1 aromatic rings. The van der Waals surface area contributed by atoms with Crippen LogP contribution in [0.1, 0.15) is 32.8 Å². The number of ether oxygens (including phenoxy) is 2. The summed E-state index contributed by atoms with van der Waals surface area (Å²) in [5.74, 6) is -0.0280. The molecule has 1 rings (SSSR count). The molecule has 0 aromatic heterocycles. The van der Waals surface area contributed by atoms with Crippen molar-refractivity contribution in [2.75, 3.05) is 14.2 Å². The summed E-state index contributed by atoms with van der Waals surface area (Å²) in [6, 6.07) is 5.26. The van der Waals surface area contributed by atoms with Gasteiger partial charge in [0, 0.05) is 5.54 Å². The number of methoxy groups -OCH3 is 2. The molecule has 6 heteroatoms. The molecule has 0 saturated heterocycles. The summed E-state index contributed by atoms with van der Waals surface area (Å²) in [6.45, 7) is 5.53. The van der Waals surface area contributed by atoms with E-state index in [-0.39, 0.29) is 24.7 Å². The van der Waals surface area contributed by atoms with Crippen molar-refractivity contribution in [3.63, 3.8) is 0 Å². The highest BCUT2D eigenvalue weighted by atomic mass is 16.5. The zero-order valence-electron chi connectivity index (χ0n) is 14.3. The molecule has 0 fully saturated rings. The summed E-state index contributed by atoms with van der Waals surface area (Å²) in [6.07, 6.45) is 0.0185. The quantitative estimate of drug-likeness (QED) is 0.766. The van der Waals surface area contributed by atoms with E-state index < -0.39 is 11.5 Å². The fraction of sp³-hybridized carbons (Fsp3) is 0.529. The number of nitrogens with one attached hydrogen (secondary N) is 1. The van der Waals surface area contributed by atoms with E-state index in [1.165, 1.54) is 7.11 Å². The summed E-state index contributed by atoms with van der Waals surface area (Å²) < 4.78 is 10.4. The Kier molecular flexibility index (Phi) is 6.42. The molecule has 128 valence electrons. The van der Waals surface area contributed by atoms with Crippen LogP contribution in [0.25, 0.3) is 0 Å². The van der Waals surface area contributed by atoms with E-state index in [9.17, 15) is 9.59 Å². The number of carbonyl (C=O) groups is 2. The zero-order valence-corrected chi connectivity index (χ0v) is 14.3. The molecule has 0 spiro atoms. The second kappa shape index (κ2) is 7.85. The lowest BCUT2D eigenvalue weighted by Crippen LogP contribution is -2.51. The van der Waals surface area contributed by atoms with Crippen LogP contribution in [0.2, 0.25) is 0 Å². The summed E-state index contributed by atoms with van der Waals surface area (Å²) in [5, 5.41) is 11.9. The molecule has 1 atom stereocenters. The van der Waals surface area contributed by atoms with Crippen molar-refractivity contribution >= 4 is 11.9 Å². The van der Waals surface area contributed by atoms with Gasteiger partial charge in [0.2, 0.25) is 5.91 Å². The minimum absolute atomic E-state index is 0.00652. The van der Waals surface area contributed by atoms with Crippen LogP contribution in [-0.2, 0) is 16.0 Å². The lowest BCUT2D eigenvalue weighted by Gasteiger charge is -2.33. The topological polar surface area (TPSA) is 84.9 Å². The number of carboxylic acids is 1. The van der Waals surface area contributed by atoms with Gasteiger partial charge in [-0.05, 0) is 30.5 Å². The van der Waals surface area contributed by atoms with Crippen molar-refractivity contribution in [2.24, 2.45) is 5.92 Å². The predicted molar refractivity (Wildman–Crippen MR) is 86.9 cm³/mol. The Hall–Kier alpha value is -2.24. The molecule has 6 nitrogen and oxygen atoms in total. The number of hydrogen-bond acceptors (Lipinski definition) is 4. The first-order valence-corrected chi connectivity index (χ1v) is 7.45. The van der Waals surface area contributed by atoms with Gasteiger partial charge in [-0.15, -0.1) is 0 Å². The second-order valence-corrected chi connectivity index (χ2v) is 6.06. The van der Waals surface area contributed by atoms with Gasteiger partial charge >= 0.3 is 5.97 Å². The monoisotopic (exact) mass is 323 g/mol. The second-order valence-electron chi connectivity index (χ2n) is 6.06. The molecule has 1 unspecified atom stereocenters. The minimum Gasteiger partial charge on any atom is -0.493 e. The van der Waals surface area contributed by atoms with Crippen LogP contribution < -0.4 is 14.8 Å². The first-order chi connectivity index (χ1) is 10.7. The maximum atomic E-state index is 12.3. The highest BCUT2D eigenvalue weighted by Crippen LogP contribution is 2.28. The van der Waals surface area contributed by atoms with Gasteiger partial charge in [0.25, 0.3) is 0 Å². The molecular weight excluding hydrogens is 298 g/mol. The number of hydrogen-bond donors (Lipinski definition) is 2. The van der Waals surface area contributed by atoms with Gasteiger partial charge in [-0.25, -0.2) is 0 Å². The van der Waals surface area contributed by atoms with Crippen molar-refractivity contribution < 1.29 is 24.2 Å². The number of rotatable bonds is 8. The number of amides is 1. The van der Waals surface area contributed by atoms with Gasteiger partial charge in [0.15, 0.2) is 11.5 Å². The van der Waals surface area contributed by atoms with Gasteiger partial charge in [-0.2, -0.15) is 0 Å². The molecule has 1 amide bonds. The molecule has 0 aliphatic rings. The third-order valence-corrected chi connectivity index (χ3v) is 4.03. The number of benzene rings is 1. The number of carboxylic acid groups (broad SMARTS) is 1. The number of carbonyl (C=O) groups excluding carboxylic acids is 1. The average Bonchev–Trinajstić information content (AvgIpc) is 2.45. The molecular formula is C17H25NO5. The first-order valence-electron chi connectivity index (χ1n) is 7.45. The van der Waals surface area contributed by atoms with Gasteiger partial charge in [0.05, 0.1) is 27.1 Å². The molecule has 0 heterocycles. The lowest BCUT2D eigenvalue weighted by atomic mass is 9.85. The molecule has 2 N–H and O–H groups in total. The maximum absolute atomic E-state index is 12.3. The van der Waals surface area contributed by atoms with E-state index in [0.29, 0.717) is 11.5 Å². The van der Waals surface area contributed by atoms with Crippen molar-refractivity contribution in [3.8, 4) is 11.5 Å². The fourth-order valence-electron chi connectivity index (χ4n) is 2.25. The van der Waals surface area contributed by atoms with Crippen LogP contribution in [0.15, 0.2) is 18.2 Å². The molecule has 0 saturated carbocycles. The lowest BCUT2D eigenvalue weighted by molar-refractivity contribution is -0.139. The Bertz CT molecular complexity index is 570. The van der Waals surface area contributed by atoms with E-state index in [1.807, 2.05) is 13.8 Å². The van der Waals surface area contributed by atoms with Crippen molar-refractivity contribution in [2.45, 2.75) is 39.2 Å². The van der Waals surface area contributed by atoms with Crippen LogP contribution in [0.5, 0.6) is 11.5 Å². The van der Waals surface area contributed by atoms with Gasteiger partial charge in [0.1, 0.15) is 0 Å². The van der Waals surface area contributed by atoms with Crippen LogP contribution in [0, 0.1) is 5.92 Å². The van der Waals surface area contributed by atoms with E-state index >= 15 is 0 Å². The third-order valence-electron chi connectivity index (χ3n) is 4.03. The van der Waals surface area contributed by atoms with Crippen LogP contribution in [-0.4, -0.2) is 36.7 Å². The Balaban J connectivity index is 2.84. The van der Waals surface area contributed by atoms with Crippen LogP contribution >= 0.6 is 0 Å². The minimum atomic E-state index is -0.937. The normalized spacial score (nSPS) is 13.3. The molecule has 23 heavy (non-hydrogen) atoms. The molecule has 0 bridgehead atoms. The molecule has 0 radical (unpaired) electrons. The van der Waals surface area contributed by atoms with E-state index in [0.717, 1.165) is 5.56 Å². The largest absolute Gasteiger partial charge is 0.493 e. The average molecular weight is 323 g/mol. The zero-order chi connectivity index (χ0) is 17.6. The molecule has 1 aromatic carbocycles. The summed E-state index contributed by atoms with van der Waals surface area (Å²) >= 11 is 0. The van der Waals surface area contributed by atoms with Crippen molar-refractivity contribution in [1.29, 1.82) is 0 Å². The summed E-state index contributed by atoms with van der Waals surface area (Å²) in [7, 11) is 3.08. The fourth-order valence-corrected chi connectivity index (χ4v) is 2.25. The van der Waals surface area contributed by atoms with Crippen molar-refractivity contribution in [3.05, 3.63) is 23.8 Å². The predicted octanol–water partition coefficient (Wildman–Crippen LogP) is 2.25. The van der Waals surface area contributed by atoms with E-state index in [2.05, 4.69) is 5.32 Å². The standard InChI is InChI=1S/C17H25NO5/c1-11(2)17(3,10-16(20)21)18-15(19)9-12-6-7-13(22-4)14(8-12)23-5/h6-8,11H,9-10H2,1-5H3,(H,18,19)(H,20,21). The first kappa shape index (κ1) is 18.8. The summed E-state index contributed by atoms with van der Waals surface area (Å²) in [5.41, 5.74) is -0.0268. The Morgan fingerprint density at radius 3 is 2.30 bits per heavy atom. The molecule has 0 aliphatic heterocycles. The van der Waals surface area contributed by atoms with Gasteiger partial charge in [-0.1, -0.05) is 19.9 Å². The van der Waals surface area contributed by atoms with Crippen LogP contribution in [0.3, 0.4) is 0 Å². The third kappa shape index (κ3) is 5.16. The van der Waals surface area contributed by atoms with Gasteiger partial charge < -0.3 is 19.9 Å².